The summed E-state index contributed by atoms with van der Waals surface area (Å²) in [5, 5.41) is 0.445. The molecule has 2 aromatic rings. The maximum Gasteiger partial charge on any atom is 0.376 e. The zero-order valence-corrected chi connectivity index (χ0v) is 14.5. The minimum atomic E-state index is -1.03. The second-order valence-corrected chi connectivity index (χ2v) is 6.11. The number of carbonyl (C=O) groups excluding carboxylic acids is 1. The van der Waals surface area contributed by atoms with Gasteiger partial charge in [-0.15, -0.1) is 0 Å². The van der Waals surface area contributed by atoms with Crippen LogP contribution >= 0.6 is 0 Å². The minimum Gasteiger partial charge on any atom is -0.489 e. The van der Waals surface area contributed by atoms with Crippen LogP contribution in [0.3, 0.4) is 0 Å². The van der Waals surface area contributed by atoms with Crippen molar-refractivity contribution in [3.8, 4) is 5.75 Å². The van der Waals surface area contributed by atoms with E-state index in [-0.39, 0.29) is 17.6 Å². The van der Waals surface area contributed by atoms with Crippen molar-refractivity contribution >= 4 is 16.9 Å². The molecule has 1 aromatic carbocycles. The third kappa shape index (κ3) is 5.31. The van der Waals surface area contributed by atoms with Crippen molar-refractivity contribution in [2.45, 2.75) is 39.5 Å². The molecule has 5 nitrogen and oxygen atoms in total. The van der Waals surface area contributed by atoms with Crippen LogP contribution in [0.15, 0.2) is 33.5 Å². The van der Waals surface area contributed by atoms with E-state index in [4.69, 9.17) is 13.9 Å². The molecule has 0 aliphatic rings. The van der Waals surface area contributed by atoms with Crippen LogP contribution in [0.1, 0.15) is 39.5 Å². The Morgan fingerprint density at radius 2 is 1.80 bits per heavy atom. The fourth-order valence-electron chi connectivity index (χ4n) is 2.31. The first-order valence-corrected chi connectivity index (χ1v) is 8.51. The van der Waals surface area contributed by atoms with Gasteiger partial charge in [-0.2, -0.15) is 4.39 Å². The number of fused-ring (bicyclic) bond motifs is 1. The number of hydrogen-bond acceptors (Lipinski definition) is 5. The van der Waals surface area contributed by atoms with Gasteiger partial charge in [-0.25, -0.2) is 4.79 Å². The van der Waals surface area contributed by atoms with Crippen molar-refractivity contribution in [3.05, 3.63) is 40.5 Å². The molecular weight excluding hydrogens is 327 g/mol. The highest BCUT2D eigenvalue weighted by Gasteiger charge is 2.15. The molecule has 2 rings (SSSR count). The molecule has 0 aliphatic heterocycles. The van der Waals surface area contributed by atoms with Gasteiger partial charge in [-0.1, -0.05) is 26.0 Å². The maximum atomic E-state index is 14.0. The van der Waals surface area contributed by atoms with Crippen molar-refractivity contribution in [2.75, 3.05) is 13.2 Å². The number of para-hydroxylation sites is 1. The summed E-state index contributed by atoms with van der Waals surface area (Å²) in [4.78, 5) is 22.8. The Bertz CT molecular complexity index is 766. The van der Waals surface area contributed by atoms with Gasteiger partial charge < -0.3 is 13.9 Å². The number of benzene rings is 1. The highest BCUT2D eigenvalue weighted by Crippen LogP contribution is 2.26. The Morgan fingerprint density at radius 1 is 1.12 bits per heavy atom. The molecule has 0 fully saturated rings. The molecule has 0 N–H and O–H groups in total. The van der Waals surface area contributed by atoms with E-state index < -0.39 is 11.4 Å². The normalized spacial score (nSPS) is 11.0. The number of halogens is 1. The quantitative estimate of drug-likeness (QED) is 0.387. The van der Waals surface area contributed by atoms with Crippen LogP contribution < -0.4 is 10.4 Å². The number of hydrogen-bond donors (Lipinski definition) is 0. The summed E-state index contributed by atoms with van der Waals surface area (Å²) >= 11 is 0. The van der Waals surface area contributed by atoms with Crippen LogP contribution in [0.5, 0.6) is 5.75 Å². The lowest BCUT2D eigenvalue weighted by atomic mass is 10.2. The lowest BCUT2D eigenvalue weighted by Crippen LogP contribution is -2.12. The molecule has 136 valence electrons. The third-order valence-electron chi connectivity index (χ3n) is 3.71. The number of carbonyl (C=O) groups is 1. The molecule has 6 heteroatoms. The molecule has 0 unspecified atom stereocenters. The van der Waals surface area contributed by atoms with Gasteiger partial charge in [-0.05, 0) is 37.8 Å². The molecule has 0 atom stereocenters. The van der Waals surface area contributed by atoms with Crippen molar-refractivity contribution in [3.63, 3.8) is 0 Å². The Morgan fingerprint density at radius 3 is 2.52 bits per heavy atom. The molecule has 0 saturated carbocycles. The zero-order chi connectivity index (χ0) is 18.2. The van der Waals surface area contributed by atoms with E-state index in [9.17, 15) is 14.0 Å². The first-order chi connectivity index (χ1) is 12.0. The smallest absolute Gasteiger partial charge is 0.376 e. The van der Waals surface area contributed by atoms with Crippen LogP contribution in [-0.2, 0) is 9.53 Å². The Balaban J connectivity index is 1.76. The fraction of sp³-hybridized carbons (Fsp3) is 0.474. The highest BCUT2D eigenvalue weighted by molar-refractivity contribution is 5.83. The van der Waals surface area contributed by atoms with Crippen LogP contribution in [-0.4, -0.2) is 19.2 Å². The zero-order valence-electron chi connectivity index (χ0n) is 14.5. The van der Waals surface area contributed by atoms with Gasteiger partial charge in [-0.3, -0.25) is 4.79 Å². The van der Waals surface area contributed by atoms with Crippen molar-refractivity contribution in [1.82, 2.24) is 0 Å². The minimum absolute atomic E-state index is 0.0577. The molecule has 0 spiro atoms. The molecule has 0 amide bonds. The third-order valence-corrected chi connectivity index (χ3v) is 3.71. The first kappa shape index (κ1) is 19.0. The summed E-state index contributed by atoms with van der Waals surface area (Å²) in [6.07, 6.45) is 3.24. The van der Waals surface area contributed by atoms with Gasteiger partial charge in [0, 0.05) is 0 Å². The monoisotopic (exact) mass is 350 g/mol. The topological polar surface area (TPSA) is 65.7 Å². The molecule has 0 bridgehead atoms. The van der Waals surface area contributed by atoms with Crippen LogP contribution in [0, 0.1) is 11.7 Å². The molecule has 1 heterocycles. The van der Waals surface area contributed by atoms with E-state index in [1.54, 1.807) is 38.1 Å². The molecule has 0 aliphatic carbocycles. The standard InChI is InChI=1S/C19H23FO5/c1-13(2)18(21)24-12-8-4-3-7-11-23-17-14-9-5-6-10-15(14)25-19(22)16(17)20/h5-6,9-10,13H,3-4,7-8,11-12H2,1-2H3. The average Bonchev–Trinajstić information content (AvgIpc) is 2.59. The summed E-state index contributed by atoms with van der Waals surface area (Å²) in [6.45, 7) is 4.31. The van der Waals surface area contributed by atoms with Crippen molar-refractivity contribution in [1.29, 1.82) is 0 Å². The first-order valence-electron chi connectivity index (χ1n) is 8.51. The largest absolute Gasteiger partial charge is 0.489 e. The summed E-state index contributed by atoms with van der Waals surface area (Å²) in [5.74, 6) is -1.35. The van der Waals surface area contributed by atoms with Gasteiger partial charge in [0.1, 0.15) is 5.58 Å². The van der Waals surface area contributed by atoms with E-state index >= 15 is 0 Å². The fourth-order valence-corrected chi connectivity index (χ4v) is 2.31. The van der Waals surface area contributed by atoms with Gasteiger partial charge in [0.15, 0.2) is 5.75 Å². The second-order valence-electron chi connectivity index (χ2n) is 6.11. The predicted octanol–water partition coefficient (Wildman–Crippen LogP) is 4.07. The predicted molar refractivity (Wildman–Crippen MR) is 92.2 cm³/mol. The van der Waals surface area contributed by atoms with Crippen LogP contribution in [0.25, 0.3) is 11.0 Å². The molecule has 0 radical (unpaired) electrons. The lowest BCUT2D eigenvalue weighted by molar-refractivity contribution is -0.147. The summed E-state index contributed by atoms with van der Waals surface area (Å²) < 4.78 is 29.4. The summed E-state index contributed by atoms with van der Waals surface area (Å²) in [6, 6.07) is 6.69. The second kappa shape index (κ2) is 9.20. The van der Waals surface area contributed by atoms with Crippen molar-refractivity contribution in [2.24, 2.45) is 5.92 Å². The van der Waals surface area contributed by atoms with Crippen LogP contribution in [0.2, 0.25) is 0 Å². The Kier molecular flexibility index (Phi) is 6.98. The lowest BCUT2D eigenvalue weighted by Gasteiger charge is -2.09. The molecule has 0 saturated heterocycles. The van der Waals surface area contributed by atoms with E-state index in [1.807, 2.05) is 0 Å². The Hall–Kier alpha value is -2.37. The van der Waals surface area contributed by atoms with Gasteiger partial charge in [0.2, 0.25) is 0 Å². The van der Waals surface area contributed by atoms with E-state index in [1.165, 1.54) is 0 Å². The van der Waals surface area contributed by atoms with E-state index in [2.05, 4.69) is 0 Å². The molecule has 1 aromatic heterocycles. The Labute approximate surface area is 145 Å². The van der Waals surface area contributed by atoms with Gasteiger partial charge in [0.05, 0.1) is 24.5 Å². The maximum absolute atomic E-state index is 14.0. The SMILES string of the molecule is CC(C)C(=O)OCCCCCCOc1c(F)c(=O)oc2ccccc12. The van der Waals surface area contributed by atoms with E-state index in [0.29, 0.717) is 30.6 Å². The number of unbranched alkanes of at least 4 members (excludes halogenated alkanes) is 3. The number of esters is 1. The summed E-state index contributed by atoms with van der Waals surface area (Å²) in [7, 11) is 0. The van der Waals surface area contributed by atoms with Gasteiger partial charge in [0.25, 0.3) is 5.82 Å². The van der Waals surface area contributed by atoms with Crippen LogP contribution in [0.4, 0.5) is 4.39 Å². The van der Waals surface area contributed by atoms with Gasteiger partial charge >= 0.3 is 11.6 Å². The average molecular weight is 350 g/mol. The van der Waals surface area contributed by atoms with Crippen molar-refractivity contribution < 1.29 is 23.1 Å². The highest BCUT2D eigenvalue weighted by atomic mass is 19.1. The van der Waals surface area contributed by atoms with E-state index in [0.717, 1.165) is 19.3 Å². The summed E-state index contributed by atoms with van der Waals surface area (Å²) in [5.41, 5.74) is -0.725. The molecular formula is C19H23FO5. The number of ether oxygens (including phenoxy) is 2. The number of rotatable bonds is 9. The molecule has 25 heavy (non-hydrogen) atoms.